The fraction of sp³-hybridized carbons (Fsp3) is 0.273. The highest BCUT2D eigenvalue weighted by atomic mass is 16.5. The van der Waals surface area contributed by atoms with Crippen LogP contribution in [0.4, 0.5) is 5.69 Å². The number of carbonyl (C=O) groups is 2. The number of H-pyrrole nitrogens is 1. The van der Waals surface area contributed by atoms with Gasteiger partial charge < -0.3 is 15.0 Å². The maximum absolute atomic E-state index is 12.4. The van der Waals surface area contributed by atoms with Crippen LogP contribution >= 0.6 is 0 Å². The molecule has 0 aliphatic heterocycles. The minimum absolute atomic E-state index is 0.311. The Kier molecular flexibility index (Phi) is 4.67. The Hall–Kier alpha value is -3.08. The van der Waals surface area contributed by atoms with Crippen molar-refractivity contribution in [2.45, 2.75) is 26.2 Å². The molecule has 1 amide bonds. The van der Waals surface area contributed by atoms with Crippen molar-refractivity contribution in [2.75, 3.05) is 11.9 Å². The van der Waals surface area contributed by atoms with Gasteiger partial charge in [0.05, 0.1) is 5.56 Å². The third kappa shape index (κ3) is 3.72. The van der Waals surface area contributed by atoms with Crippen molar-refractivity contribution in [1.29, 1.82) is 0 Å². The van der Waals surface area contributed by atoms with E-state index in [4.69, 9.17) is 4.74 Å². The van der Waals surface area contributed by atoms with Crippen molar-refractivity contribution >= 4 is 28.5 Å². The molecule has 0 saturated carbocycles. The first kappa shape index (κ1) is 17.3. The van der Waals surface area contributed by atoms with Crippen LogP contribution in [0.3, 0.4) is 0 Å². The zero-order valence-electron chi connectivity index (χ0n) is 15.2. The van der Waals surface area contributed by atoms with Gasteiger partial charge in [-0.25, -0.2) is 4.79 Å². The molecule has 1 aliphatic rings. The van der Waals surface area contributed by atoms with Crippen molar-refractivity contribution in [3.8, 4) is 0 Å². The zero-order valence-corrected chi connectivity index (χ0v) is 15.2. The van der Waals surface area contributed by atoms with Crippen LogP contribution in [-0.2, 0) is 22.4 Å². The number of hydrogen-bond donors (Lipinski definition) is 2. The van der Waals surface area contributed by atoms with Crippen molar-refractivity contribution in [3.63, 3.8) is 0 Å². The van der Waals surface area contributed by atoms with E-state index >= 15 is 0 Å². The zero-order chi connectivity index (χ0) is 18.8. The number of amides is 1. The van der Waals surface area contributed by atoms with Gasteiger partial charge in [-0.2, -0.15) is 0 Å². The molecule has 5 heteroatoms. The molecule has 1 heterocycles. The maximum atomic E-state index is 12.4. The van der Waals surface area contributed by atoms with Crippen molar-refractivity contribution in [2.24, 2.45) is 5.92 Å². The molecule has 0 radical (unpaired) electrons. The van der Waals surface area contributed by atoms with Crippen molar-refractivity contribution < 1.29 is 14.3 Å². The highest BCUT2D eigenvalue weighted by Crippen LogP contribution is 2.32. The number of anilines is 1. The average molecular weight is 362 g/mol. The van der Waals surface area contributed by atoms with E-state index in [-0.39, 0.29) is 12.5 Å². The Morgan fingerprint density at radius 3 is 2.81 bits per heavy atom. The quantitative estimate of drug-likeness (QED) is 0.687. The van der Waals surface area contributed by atoms with Gasteiger partial charge in [0, 0.05) is 22.3 Å². The molecule has 2 N–H and O–H groups in total. The molecule has 27 heavy (non-hydrogen) atoms. The van der Waals surface area contributed by atoms with E-state index in [1.807, 2.05) is 30.3 Å². The number of ether oxygens (including phenoxy) is 1. The third-order valence-corrected chi connectivity index (χ3v) is 5.06. The molecule has 1 aromatic heterocycles. The number of nitrogens with one attached hydrogen (secondary N) is 2. The summed E-state index contributed by atoms with van der Waals surface area (Å²) in [6.07, 6.45) is 3.25. The molecule has 2 aromatic carbocycles. The number of fused-ring (bicyclic) bond motifs is 3. The summed E-state index contributed by atoms with van der Waals surface area (Å²) < 4.78 is 5.19. The lowest BCUT2D eigenvalue weighted by molar-refractivity contribution is -0.119. The predicted molar refractivity (Wildman–Crippen MR) is 105 cm³/mol. The minimum Gasteiger partial charge on any atom is -0.452 e. The second kappa shape index (κ2) is 7.27. The normalized spacial score (nSPS) is 16.0. The highest BCUT2D eigenvalue weighted by molar-refractivity contribution is 5.98. The Morgan fingerprint density at radius 1 is 1.19 bits per heavy atom. The van der Waals surface area contributed by atoms with Crippen molar-refractivity contribution in [3.05, 3.63) is 65.4 Å². The topological polar surface area (TPSA) is 71.2 Å². The van der Waals surface area contributed by atoms with Crippen LogP contribution in [0.1, 0.15) is 35.0 Å². The fourth-order valence-corrected chi connectivity index (χ4v) is 3.65. The van der Waals surface area contributed by atoms with E-state index in [9.17, 15) is 9.59 Å². The van der Waals surface area contributed by atoms with Gasteiger partial charge in [-0.1, -0.05) is 25.1 Å². The van der Waals surface area contributed by atoms with Crippen LogP contribution in [-0.4, -0.2) is 23.5 Å². The molecule has 5 nitrogen and oxygen atoms in total. The number of benzene rings is 2. The molecular weight excluding hydrogens is 340 g/mol. The number of para-hydroxylation sites is 1. The van der Waals surface area contributed by atoms with E-state index in [1.165, 1.54) is 17.7 Å². The third-order valence-electron chi connectivity index (χ3n) is 5.06. The lowest BCUT2D eigenvalue weighted by Gasteiger charge is -2.18. The molecule has 1 atom stereocenters. The van der Waals surface area contributed by atoms with Gasteiger partial charge in [-0.3, -0.25) is 4.79 Å². The molecule has 138 valence electrons. The van der Waals surface area contributed by atoms with Gasteiger partial charge in [0.15, 0.2) is 6.61 Å². The molecule has 4 rings (SSSR count). The van der Waals surface area contributed by atoms with Crippen LogP contribution in [0, 0.1) is 5.92 Å². The highest BCUT2D eigenvalue weighted by Gasteiger charge is 2.21. The monoisotopic (exact) mass is 362 g/mol. The Morgan fingerprint density at radius 2 is 2.00 bits per heavy atom. The van der Waals surface area contributed by atoms with Crippen LogP contribution in [0.2, 0.25) is 0 Å². The van der Waals surface area contributed by atoms with Gasteiger partial charge in [0.2, 0.25) is 0 Å². The van der Waals surface area contributed by atoms with E-state index in [0.717, 1.165) is 23.7 Å². The SMILES string of the molecule is C[C@@H]1CCc2[nH]c3ccc(C(=O)OCC(=O)Nc4ccccc4)cc3c2C1. The summed E-state index contributed by atoms with van der Waals surface area (Å²) in [7, 11) is 0. The largest absolute Gasteiger partial charge is 0.452 e. The lowest BCUT2D eigenvalue weighted by Crippen LogP contribution is -2.20. The minimum atomic E-state index is -0.487. The summed E-state index contributed by atoms with van der Waals surface area (Å²) in [6.45, 7) is 1.94. The first-order chi connectivity index (χ1) is 13.1. The van der Waals surface area contributed by atoms with E-state index in [1.54, 1.807) is 18.2 Å². The molecule has 0 bridgehead atoms. The molecule has 3 aromatic rings. The van der Waals surface area contributed by atoms with Gasteiger partial charge in [0.1, 0.15) is 0 Å². The van der Waals surface area contributed by atoms with E-state index in [2.05, 4.69) is 17.2 Å². The van der Waals surface area contributed by atoms with Gasteiger partial charge >= 0.3 is 5.97 Å². The molecule has 1 aliphatic carbocycles. The molecular formula is C22H22N2O3. The summed E-state index contributed by atoms with van der Waals surface area (Å²) in [4.78, 5) is 27.8. The van der Waals surface area contributed by atoms with Gasteiger partial charge in [-0.05, 0) is 61.1 Å². The number of aromatic nitrogens is 1. The van der Waals surface area contributed by atoms with E-state index < -0.39 is 5.97 Å². The second-order valence-corrected chi connectivity index (χ2v) is 7.18. The van der Waals surface area contributed by atoms with Crippen LogP contribution < -0.4 is 5.32 Å². The number of aryl methyl sites for hydroxylation is 1. The van der Waals surface area contributed by atoms with Gasteiger partial charge in [0.25, 0.3) is 5.91 Å². The number of hydrogen-bond acceptors (Lipinski definition) is 3. The molecule has 0 saturated heterocycles. The summed E-state index contributed by atoms with van der Waals surface area (Å²) in [6, 6.07) is 14.6. The summed E-state index contributed by atoms with van der Waals surface area (Å²) in [5.41, 5.74) is 4.77. The first-order valence-electron chi connectivity index (χ1n) is 9.25. The molecule has 0 spiro atoms. The van der Waals surface area contributed by atoms with Crippen LogP contribution in [0.5, 0.6) is 0 Å². The molecule has 0 fully saturated rings. The number of rotatable bonds is 4. The Bertz CT molecular complexity index is 991. The number of esters is 1. The first-order valence-corrected chi connectivity index (χ1v) is 9.25. The Balaban J connectivity index is 1.45. The number of carbonyl (C=O) groups excluding carboxylic acids is 2. The van der Waals surface area contributed by atoms with Crippen molar-refractivity contribution in [1.82, 2.24) is 4.98 Å². The summed E-state index contributed by atoms with van der Waals surface area (Å²) in [5.74, 6) is -0.198. The maximum Gasteiger partial charge on any atom is 0.338 e. The van der Waals surface area contributed by atoms with E-state index in [0.29, 0.717) is 17.2 Å². The standard InChI is InChI=1S/C22H22N2O3/c1-14-7-9-19-17(11-14)18-12-15(8-10-20(18)24-19)22(26)27-13-21(25)23-16-5-3-2-4-6-16/h2-6,8,10,12,14,24H,7,9,11,13H2,1H3,(H,23,25)/t14-/m1/s1. The second-order valence-electron chi connectivity index (χ2n) is 7.18. The summed E-state index contributed by atoms with van der Waals surface area (Å²) >= 11 is 0. The Labute approximate surface area is 157 Å². The fourth-order valence-electron chi connectivity index (χ4n) is 3.65. The van der Waals surface area contributed by atoms with Crippen LogP contribution in [0.25, 0.3) is 10.9 Å². The predicted octanol–water partition coefficient (Wildman–Crippen LogP) is 4.09. The lowest BCUT2D eigenvalue weighted by atomic mass is 9.87. The number of aromatic amines is 1. The molecule has 0 unspecified atom stereocenters. The van der Waals surface area contributed by atoms with Gasteiger partial charge in [-0.15, -0.1) is 0 Å². The summed E-state index contributed by atoms with van der Waals surface area (Å²) in [5, 5.41) is 3.78. The smallest absolute Gasteiger partial charge is 0.338 e. The van der Waals surface area contributed by atoms with Crippen LogP contribution in [0.15, 0.2) is 48.5 Å². The average Bonchev–Trinajstić information content (AvgIpc) is 3.04.